The van der Waals surface area contributed by atoms with E-state index in [1.807, 2.05) is 30.3 Å². The van der Waals surface area contributed by atoms with Crippen LogP contribution in [0.2, 0.25) is 0 Å². The fourth-order valence-electron chi connectivity index (χ4n) is 1.81. The Bertz CT molecular complexity index is 614. The van der Waals surface area contributed by atoms with Gasteiger partial charge in [-0.1, -0.05) is 30.3 Å². The van der Waals surface area contributed by atoms with Crippen LogP contribution in [0.5, 0.6) is 0 Å². The van der Waals surface area contributed by atoms with Gasteiger partial charge in [0.25, 0.3) is 5.69 Å². The van der Waals surface area contributed by atoms with E-state index in [1.54, 1.807) is 17.0 Å². The fraction of sp³-hybridized carbons (Fsp3) is 0.0714. The zero-order valence-electron chi connectivity index (χ0n) is 10.6. The SMILES string of the molecule is NC(=S)N(Cc1ccc([N+](=O)[O-])cc1)c1ccccc1. The monoisotopic (exact) mass is 287 g/mol. The molecule has 0 bridgehead atoms. The van der Waals surface area contributed by atoms with E-state index in [-0.39, 0.29) is 10.8 Å². The van der Waals surface area contributed by atoms with Crippen molar-refractivity contribution >= 4 is 28.7 Å². The van der Waals surface area contributed by atoms with Gasteiger partial charge in [0.05, 0.1) is 11.5 Å². The van der Waals surface area contributed by atoms with E-state index in [4.69, 9.17) is 18.0 Å². The van der Waals surface area contributed by atoms with Crippen LogP contribution in [0.25, 0.3) is 0 Å². The van der Waals surface area contributed by atoms with E-state index in [2.05, 4.69) is 0 Å². The number of hydrogen-bond donors (Lipinski definition) is 1. The van der Waals surface area contributed by atoms with E-state index in [9.17, 15) is 10.1 Å². The molecule has 0 aromatic heterocycles. The second-order valence-electron chi connectivity index (χ2n) is 4.18. The maximum atomic E-state index is 10.6. The predicted octanol–water partition coefficient (Wildman–Crippen LogP) is 2.85. The summed E-state index contributed by atoms with van der Waals surface area (Å²) in [6, 6.07) is 15.9. The Labute approximate surface area is 121 Å². The maximum Gasteiger partial charge on any atom is 0.269 e. The van der Waals surface area contributed by atoms with Crippen LogP contribution in [0.4, 0.5) is 11.4 Å². The highest BCUT2D eigenvalue weighted by atomic mass is 32.1. The van der Waals surface area contributed by atoms with Gasteiger partial charge in [-0.15, -0.1) is 0 Å². The number of nitro benzene ring substituents is 1. The second kappa shape index (κ2) is 6.12. The number of thiocarbonyl (C=S) groups is 1. The highest BCUT2D eigenvalue weighted by molar-refractivity contribution is 7.80. The van der Waals surface area contributed by atoms with Crippen molar-refractivity contribution in [2.75, 3.05) is 4.90 Å². The van der Waals surface area contributed by atoms with E-state index in [0.717, 1.165) is 11.3 Å². The van der Waals surface area contributed by atoms with Crippen LogP contribution in [0.1, 0.15) is 5.56 Å². The molecule has 20 heavy (non-hydrogen) atoms. The lowest BCUT2D eigenvalue weighted by Crippen LogP contribution is -2.34. The first-order valence-corrected chi connectivity index (χ1v) is 6.34. The largest absolute Gasteiger partial charge is 0.376 e. The number of para-hydroxylation sites is 1. The van der Waals surface area contributed by atoms with Crippen molar-refractivity contribution in [3.63, 3.8) is 0 Å². The number of anilines is 1. The quantitative estimate of drug-likeness (QED) is 0.532. The maximum absolute atomic E-state index is 10.6. The van der Waals surface area contributed by atoms with Gasteiger partial charge in [0.2, 0.25) is 0 Å². The third kappa shape index (κ3) is 3.30. The lowest BCUT2D eigenvalue weighted by atomic mass is 10.2. The third-order valence-corrected chi connectivity index (χ3v) is 3.04. The number of nitrogens with two attached hydrogens (primary N) is 1. The molecule has 0 fully saturated rings. The zero-order chi connectivity index (χ0) is 14.5. The Morgan fingerprint density at radius 2 is 1.75 bits per heavy atom. The molecular weight excluding hydrogens is 274 g/mol. The minimum atomic E-state index is -0.424. The zero-order valence-corrected chi connectivity index (χ0v) is 11.4. The van der Waals surface area contributed by atoms with Crippen molar-refractivity contribution < 1.29 is 4.92 Å². The molecule has 0 aliphatic heterocycles. The normalized spacial score (nSPS) is 10.0. The van der Waals surface area contributed by atoms with Crippen molar-refractivity contribution in [3.8, 4) is 0 Å². The molecule has 0 amide bonds. The number of nitrogens with zero attached hydrogens (tertiary/aromatic N) is 2. The van der Waals surface area contributed by atoms with Gasteiger partial charge in [0, 0.05) is 17.8 Å². The van der Waals surface area contributed by atoms with Gasteiger partial charge in [-0.3, -0.25) is 10.1 Å². The highest BCUT2D eigenvalue weighted by Crippen LogP contribution is 2.18. The molecule has 2 rings (SSSR count). The molecule has 2 aromatic rings. The van der Waals surface area contributed by atoms with Gasteiger partial charge in [0.15, 0.2) is 5.11 Å². The van der Waals surface area contributed by atoms with Crippen molar-refractivity contribution in [2.24, 2.45) is 5.73 Å². The van der Waals surface area contributed by atoms with E-state index in [0.29, 0.717) is 6.54 Å². The van der Waals surface area contributed by atoms with Gasteiger partial charge in [-0.25, -0.2) is 0 Å². The van der Waals surface area contributed by atoms with Crippen LogP contribution in [0, 0.1) is 10.1 Å². The Kier molecular flexibility index (Phi) is 4.27. The molecule has 2 aromatic carbocycles. The van der Waals surface area contributed by atoms with Crippen molar-refractivity contribution in [1.29, 1.82) is 0 Å². The Hall–Kier alpha value is -2.47. The second-order valence-corrected chi connectivity index (χ2v) is 4.60. The lowest BCUT2D eigenvalue weighted by Gasteiger charge is -2.22. The van der Waals surface area contributed by atoms with E-state index < -0.39 is 4.92 Å². The average Bonchev–Trinajstić information content (AvgIpc) is 2.46. The average molecular weight is 287 g/mol. The molecule has 0 heterocycles. The number of non-ortho nitro benzene ring substituents is 1. The molecule has 0 aliphatic carbocycles. The first kappa shape index (κ1) is 14.0. The van der Waals surface area contributed by atoms with E-state index in [1.165, 1.54) is 12.1 Å². The van der Waals surface area contributed by atoms with Gasteiger partial charge < -0.3 is 10.6 Å². The van der Waals surface area contributed by atoms with Gasteiger partial charge >= 0.3 is 0 Å². The molecular formula is C14H13N3O2S. The van der Waals surface area contributed by atoms with Gasteiger partial charge in [0.1, 0.15) is 0 Å². The summed E-state index contributed by atoms with van der Waals surface area (Å²) in [5, 5.41) is 10.9. The summed E-state index contributed by atoms with van der Waals surface area (Å²) >= 11 is 5.06. The summed E-state index contributed by atoms with van der Waals surface area (Å²) in [7, 11) is 0. The molecule has 0 spiro atoms. The highest BCUT2D eigenvalue weighted by Gasteiger charge is 2.11. The minimum Gasteiger partial charge on any atom is -0.376 e. The molecule has 0 radical (unpaired) electrons. The standard InChI is InChI=1S/C14H13N3O2S/c15-14(20)16(12-4-2-1-3-5-12)10-11-6-8-13(9-7-11)17(18)19/h1-9H,10H2,(H2,15,20). The fourth-order valence-corrected chi connectivity index (χ4v) is 1.98. The van der Waals surface area contributed by atoms with Crippen LogP contribution in [0.3, 0.4) is 0 Å². The smallest absolute Gasteiger partial charge is 0.269 e. The van der Waals surface area contributed by atoms with Crippen molar-refractivity contribution in [2.45, 2.75) is 6.54 Å². The molecule has 0 unspecified atom stereocenters. The number of rotatable bonds is 4. The number of hydrogen-bond acceptors (Lipinski definition) is 3. The summed E-state index contributed by atoms with van der Waals surface area (Å²) in [6.07, 6.45) is 0. The number of benzene rings is 2. The summed E-state index contributed by atoms with van der Waals surface area (Å²) in [5.74, 6) is 0. The molecule has 102 valence electrons. The molecule has 6 heteroatoms. The number of nitro groups is 1. The minimum absolute atomic E-state index is 0.0651. The Morgan fingerprint density at radius 1 is 1.15 bits per heavy atom. The Balaban J connectivity index is 2.21. The van der Waals surface area contributed by atoms with Crippen LogP contribution in [-0.4, -0.2) is 10.0 Å². The lowest BCUT2D eigenvalue weighted by molar-refractivity contribution is -0.384. The predicted molar refractivity (Wildman–Crippen MR) is 82.5 cm³/mol. The van der Waals surface area contributed by atoms with Crippen LogP contribution in [0.15, 0.2) is 54.6 Å². The summed E-state index contributed by atoms with van der Waals surface area (Å²) in [4.78, 5) is 12.0. The molecule has 0 aliphatic rings. The van der Waals surface area contributed by atoms with Gasteiger partial charge in [-0.05, 0) is 29.9 Å². The Morgan fingerprint density at radius 3 is 2.25 bits per heavy atom. The summed E-state index contributed by atoms with van der Waals surface area (Å²) < 4.78 is 0. The topological polar surface area (TPSA) is 72.4 Å². The van der Waals surface area contributed by atoms with Gasteiger partial charge in [-0.2, -0.15) is 0 Å². The summed E-state index contributed by atoms with van der Waals surface area (Å²) in [6.45, 7) is 0.470. The first-order valence-electron chi connectivity index (χ1n) is 5.93. The molecule has 2 N–H and O–H groups in total. The van der Waals surface area contributed by atoms with Crippen molar-refractivity contribution in [1.82, 2.24) is 0 Å². The third-order valence-electron chi connectivity index (χ3n) is 2.82. The molecule has 0 saturated heterocycles. The van der Waals surface area contributed by atoms with Crippen molar-refractivity contribution in [3.05, 3.63) is 70.3 Å². The molecule has 0 atom stereocenters. The first-order chi connectivity index (χ1) is 9.58. The van der Waals surface area contributed by atoms with E-state index >= 15 is 0 Å². The summed E-state index contributed by atoms with van der Waals surface area (Å²) in [5.41, 5.74) is 7.59. The van der Waals surface area contributed by atoms with Crippen LogP contribution in [-0.2, 0) is 6.54 Å². The van der Waals surface area contributed by atoms with Crippen LogP contribution < -0.4 is 10.6 Å². The molecule has 0 saturated carbocycles. The molecule has 5 nitrogen and oxygen atoms in total. The van der Waals surface area contributed by atoms with Crippen LogP contribution >= 0.6 is 12.2 Å².